The van der Waals surface area contributed by atoms with Crippen LogP contribution in [-0.4, -0.2) is 46.1 Å². The summed E-state index contributed by atoms with van der Waals surface area (Å²) in [5, 5.41) is 3.62. The van der Waals surface area contributed by atoms with Crippen LogP contribution in [0.5, 0.6) is 5.75 Å². The minimum absolute atomic E-state index is 0.153. The van der Waals surface area contributed by atoms with Gasteiger partial charge in [0, 0.05) is 36.6 Å². The first-order valence-electron chi connectivity index (χ1n) is 11.3. The minimum Gasteiger partial charge on any atom is -0.494 e. The molecule has 178 valence electrons. The van der Waals surface area contributed by atoms with Crippen molar-refractivity contribution in [1.29, 1.82) is 0 Å². The van der Waals surface area contributed by atoms with Crippen LogP contribution < -0.4 is 10.1 Å². The zero-order valence-electron chi connectivity index (χ0n) is 18.6. The van der Waals surface area contributed by atoms with Gasteiger partial charge in [-0.25, -0.2) is 9.78 Å². The number of carbonyl (C=O) groups is 2. The normalized spacial score (nSPS) is 14.1. The molecule has 2 aromatic carbocycles. The lowest BCUT2D eigenvalue weighted by atomic mass is 9.94. The maximum atomic E-state index is 12.6. The number of amides is 2. The first kappa shape index (κ1) is 24.1. The van der Waals surface area contributed by atoms with Crippen LogP contribution in [0.15, 0.2) is 61.1 Å². The summed E-state index contributed by atoms with van der Waals surface area (Å²) in [6, 6.07) is 14.1. The monoisotopic (exact) mass is 500 g/mol. The number of nitrogens with one attached hydrogen (secondary N) is 1. The molecule has 1 fully saturated rings. The number of ether oxygens (including phenoxy) is 1. The van der Waals surface area contributed by atoms with Gasteiger partial charge in [-0.2, -0.15) is 0 Å². The molecule has 2 heterocycles. The highest BCUT2D eigenvalue weighted by Gasteiger charge is 2.25. The average molecular weight is 501 g/mol. The molecular formula is C25H26Cl2N4O3. The standard InChI is InChI=1S/C25H26Cl2N4O3/c26-19-8-9-22(21(27)15-19)29-25(33)31-16-23(28-17-31)18-10-12-30(13-11-18)24(32)7-4-14-34-20-5-2-1-3-6-20/h1-3,5-6,8-9,15-18H,4,7,10-14H2,(H,29,33). The molecule has 0 atom stereocenters. The SMILES string of the molecule is O=C(CCCOc1ccccc1)N1CCC(c2cn(C(=O)Nc3ccc(Cl)cc3Cl)cn2)CC1. The average Bonchev–Trinajstić information content (AvgIpc) is 3.35. The topological polar surface area (TPSA) is 76.5 Å². The summed E-state index contributed by atoms with van der Waals surface area (Å²) in [5.74, 6) is 1.18. The quantitative estimate of drug-likeness (QED) is 0.413. The van der Waals surface area contributed by atoms with Crippen LogP contribution in [0.4, 0.5) is 10.5 Å². The highest BCUT2D eigenvalue weighted by Crippen LogP contribution is 2.28. The Hall–Kier alpha value is -3.03. The van der Waals surface area contributed by atoms with E-state index in [0.29, 0.717) is 48.3 Å². The molecule has 7 nitrogen and oxygen atoms in total. The zero-order chi connectivity index (χ0) is 23.9. The maximum absolute atomic E-state index is 12.6. The van der Waals surface area contributed by atoms with Crippen molar-refractivity contribution in [3.63, 3.8) is 0 Å². The highest BCUT2D eigenvalue weighted by atomic mass is 35.5. The second-order valence-corrected chi connectivity index (χ2v) is 9.02. The summed E-state index contributed by atoms with van der Waals surface area (Å²) < 4.78 is 7.07. The van der Waals surface area contributed by atoms with Gasteiger partial charge in [0.05, 0.1) is 23.0 Å². The third-order valence-corrected chi connectivity index (χ3v) is 6.37. The third kappa shape index (κ3) is 6.30. The number of nitrogens with zero attached hydrogens (tertiary/aromatic N) is 3. The fourth-order valence-electron chi connectivity index (χ4n) is 3.94. The van der Waals surface area contributed by atoms with Gasteiger partial charge in [-0.05, 0) is 49.6 Å². The van der Waals surface area contributed by atoms with Gasteiger partial charge >= 0.3 is 6.03 Å². The van der Waals surface area contributed by atoms with Crippen LogP contribution in [0.1, 0.15) is 37.3 Å². The number of para-hydroxylation sites is 1. The highest BCUT2D eigenvalue weighted by molar-refractivity contribution is 6.36. The number of imidazole rings is 1. The first-order valence-corrected chi connectivity index (χ1v) is 12.0. The Balaban J connectivity index is 1.22. The van der Waals surface area contributed by atoms with E-state index in [2.05, 4.69) is 10.3 Å². The predicted molar refractivity (Wildman–Crippen MR) is 133 cm³/mol. The summed E-state index contributed by atoms with van der Waals surface area (Å²) in [5.41, 5.74) is 1.33. The van der Waals surface area contributed by atoms with Crippen molar-refractivity contribution >= 4 is 40.8 Å². The van der Waals surface area contributed by atoms with Crippen LogP contribution in [0.3, 0.4) is 0 Å². The number of hydrogen-bond donors (Lipinski definition) is 1. The number of benzene rings is 2. The fraction of sp³-hybridized carbons (Fsp3) is 0.320. The molecule has 1 aliphatic heterocycles. The van der Waals surface area contributed by atoms with Crippen molar-refractivity contribution in [2.45, 2.75) is 31.6 Å². The minimum atomic E-state index is -0.353. The van der Waals surface area contributed by atoms with E-state index < -0.39 is 0 Å². The van der Waals surface area contributed by atoms with Gasteiger partial charge in [0.1, 0.15) is 12.1 Å². The Bertz CT molecular complexity index is 1130. The number of carbonyl (C=O) groups excluding carboxylic acids is 2. The molecule has 9 heteroatoms. The molecule has 1 saturated heterocycles. The Labute approximate surface area is 208 Å². The predicted octanol–water partition coefficient (Wildman–Crippen LogP) is 5.84. The molecule has 4 rings (SSSR count). The van der Waals surface area contributed by atoms with Gasteiger partial charge in [0.2, 0.25) is 5.91 Å². The number of rotatable bonds is 7. The fourth-order valence-corrected chi connectivity index (χ4v) is 4.40. The number of aromatic nitrogens is 2. The lowest BCUT2D eigenvalue weighted by Gasteiger charge is -2.31. The lowest BCUT2D eigenvalue weighted by Crippen LogP contribution is -2.38. The van der Waals surface area contributed by atoms with Gasteiger partial charge in [0.25, 0.3) is 0 Å². The molecule has 0 bridgehead atoms. The van der Waals surface area contributed by atoms with E-state index in [1.54, 1.807) is 24.4 Å². The van der Waals surface area contributed by atoms with E-state index in [1.165, 1.54) is 10.9 Å². The molecule has 34 heavy (non-hydrogen) atoms. The molecule has 0 aliphatic carbocycles. The van der Waals surface area contributed by atoms with Crippen molar-refractivity contribution < 1.29 is 14.3 Å². The molecule has 3 aromatic rings. The van der Waals surface area contributed by atoms with Crippen molar-refractivity contribution in [2.24, 2.45) is 0 Å². The zero-order valence-corrected chi connectivity index (χ0v) is 20.1. The van der Waals surface area contributed by atoms with E-state index >= 15 is 0 Å². The van der Waals surface area contributed by atoms with Gasteiger partial charge in [-0.15, -0.1) is 0 Å². The smallest absolute Gasteiger partial charge is 0.331 e. The number of hydrogen-bond acceptors (Lipinski definition) is 4. The summed E-state index contributed by atoms with van der Waals surface area (Å²) in [6.07, 6.45) is 6.02. The van der Waals surface area contributed by atoms with Gasteiger partial charge < -0.3 is 15.0 Å². The molecule has 0 radical (unpaired) electrons. The summed E-state index contributed by atoms with van der Waals surface area (Å²) in [7, 11) is 0. The first-order chi connectivity index (χ1) is 16.5. The van der Waals surface area contributed by atoms with E-state index in [0.717, 1.165) is 24.3 Å². The molecule has 1 aliphatic rings. The van der Waals surface area contributed by atoms with E-state index in [4.69, 9.17) is 27.9 Å². The summed E-state index contributed by atoms with van der Waals surface area (Å²) in [4.78, 5) is 31.4. The Kier molecular flexibility index (Phi) is 8.08. The van der Waals surface area contributed by atoms with Crippen molar-refractivity contribution in [3.8, 4) is 5.75 Å². The van der Waals surface area contributed by atoms with Crippen molar-refractivity contribution in [2.75, 3.05) is 25.0 Å². The summed E-state index contributed by atoms with van der Waals surface area (Å²) >= 11 is 12.0. The molecule has 2 amide bonds. The van der Waals surface area contributed by atoms with Crippen LogP contribution in [-0.2, 0) is 4.79 Å². The molecular weight excluding hydrogens is 475 g/mol. The van der Waals surface area contributed by atoms with E-state index in [-0.39, 0.29) is 17.9 Å². The number of halogens is 2. The van der Waals surface area contributed by atoms with Crippen molar-refractivity contribution in [3.05, 3.63) is 76.8 Å². The third-order valence-electron chi connectivity index (χ3n) is 5.82. The number of piperidine rings is 1. The summed E-state index contributed by atoms with van der Waals surface area (Å²) in [6.45, 7) is 1.89. The number of likely N-dealkylation sites (tertiary alicyclic amines) is 1. The Morgan fingerprint density at radius 3 is 2.59 bits per heavy atom. The lowest BCUT2D eigenvalue weighted by molar-refractivity contribution is -0.132. The second kappa shape index (κ2) is 11.4. The molecule has 1 N–H and O–H groups in total. The van der Waals surface area contributed by atoms with Gasteiger partial charge in [-0.3, -0.25) is 9.36 Å². The molecule has 0 spiro atoms. The Morgan fingerprint density at radius 1 is 1.09 bits per heavy atom. The molecule has 0 unspecified atom stereocenters. The van der Waals surface area contributed by atoms with E-state index in [1.807, 2.05) is 35.2 Å². The Morgan fingerprint density at radius 2 is 1.85 bits per heavy atom. The van der Waals surface area contributed by atoms with Gasteiger partial charge in [-0.1, -0.05) is 41.4 Å². The largest absolute Gasteiger partial charge is 0.494 e. The van der Waals surface area contributed by atoms with Crippen LogP contribution >= 0.6 is 23.2 Å². The number of anilines is 1. The van der Waals surface area contributed by atoms with Crippen LogP contribution in [0.2, 0.25) is 10.0 Å². The van der Waals surface area contributed by atoms with E-state index in [9.17, 15) is 9.59 Å². The van der Waals surface area contributed by atoms with Crippen LogP contribution in [0.25, 0.3) is 0 Å². The molecule has 1 aromatic heterocycles. The van der Waals surface area contributed by atoms with Gasteiger partial charge in [0.15, 0.2) is 0 Å². The van der Waals surface area contributed by atoms with Crippen molar-refractivity contribution in [1.82, 2.24) is 14.5 Å². The second-order valence-electron chi connectivity index (χ2n) is 8.18. The van der Waals surface area contributed by atoms with Crippen LogP contribution in [0, 0.1) is 0 Å². The maximum Gasteiger partial charge on any atom is 0.331 e. The molecule has 0 saturated carbocycles.